The lowest BCUT2D eigenvalue weighted by atomic mass is 10.4. The lowest BCUT2D eigenvalue weighted by Gasteiger charge is -2.11. The second kappa shape index (κ2) is 6.19. The van der Waals surface area contributed by atoms with Crippen LogP contribution in [0.5, 0.6) is 0 Å². The van der Waals surface area contributed by atoms with E-state index in [4.69, 9.17) is 11.6 Å². The second-order valence-corrected chi connectivity index (χ2v) is 5.89. The highest BCUT2D eigenvalue weighted by Gasteiger charge is 2.29. The van der Waals surface area contributed by atoms with Crippen molar-refractivity contribution in [3.05, 3.63) is 15.0 Å². The standard InChI is InChI=1S/C11H13ClN4O3S/c1-6-10(12)20-8(15-6)2-3-13-7(17)5-16-9(18)4-14-11(16)19/h2-5H2,1H3,(H,13,17)(H,14,19). The Morgan fingerprint density at radius 3 is 2.85 bits per heavy atom. The number of imide groups is 1. The van der Waals surface area contributed by atoms with Crippen LogP contribution in [0.2, 0.25) is 4.34 Å². The first kappa shape index (κ1) is 14.7. The molecule has 0 aliphatic carbocycles. The average molecular weight is 317 g/mol. The Labute approximate surface area is 124 Å². The number of rotatable bonds is 5. The molecule has 0 aromatic carbocycles. The molecule has 1 aliphatic heterocycles. The molecule has 0 saturated carbocycles. The first-order chi connectivity index (χ1) is 9.47. The van der Waals surface area contributed by atoms with Crippen LogP contribution in [0.3, 0.4) is 0 Å². The van der Waals surface area contributed by atoms with Crippen LogP contribution in [0.15, 0.2) is 0 Å². The quantitative estimate of drug-likeness (QED) is 0.765. The summed E-state index contributed by atoms with van der Waals surface area (Å²) in [6, 6.07) is -0.535. The summed E-state index contributed by atoms with van der Waals surface area (Å²) in [6.07, 6.45) is 0.560. The number of nitrogens with zero attached hydrogens (tertiary/aromatic N) is 2. The van der Waals surface area contributed by atoms with Gasteiger partial charge < -0.3 is 10.6 Å². The predicted octanol–water partition coefficient (Wildman–Crippen LogP) is 0.315. The highest BCUT2D eigenvalue weighted by atomic mass is 35.5. The van der Waals surface area contributed by atoms with Gasteiger partial charge in [0.2, 0.25) is 5.91 Å². The molecule has 1 aromatic heterocycles. The zero-order valence-electron chi connectivity index (χ0n) is 10.7. The van der Waals surface area contributed by atoms with Gasteiger partial charge in [0.1, 0.15) is 10.9 Å². The van der Waals surface area contributed by atoms with E-state index in [1.807, 2.05) is 6.92 Å². The molecule has 0 atom stereocenters. The lowest BCUT2D eigenvalue weighted by Crippen LogP contribution is -2.41. The minimum Gasteiger partial charge on any atom is -0.354 e. The molecule has 20 heavy (non-hydrogen) atoms. The molecule has 4 amide bonds. The number of aromatic nitrogens is 1. The van der Waals surface area contributed by atoms with Crippen molar-refractivity contribution in [3.63, 3.8) is 0 Å². The number of urea groups is 1. The number of carbonyl (C=O) groups is 3. The fourth-order valence-corrected chi connectivity index (χ4v) is 2.76. The largest absolute Gasteiger partial charge is 0.354 e. The van der Waals surface area contributed by atoms with E-state index >= 15 is 0 Å². The van der Waals surface area contributed by atoms with E-state index in [-0.39, 0.29) is 19.0 Å². The Kier molecular flexibility index (Phi) is 4.56. The Balaban J connectivity index is 1.75. The van der Waals surface area contributed by atoms with Gasteiger partial charge in [0.25, 0.3) is 5.91 Å². The van der Waals surface area contributed by atoms with Gasteiger partial charge in [0, 0.05) is 13.0 Å². The van der Waals surface area contributed by atoms with Crippen LogP contribution in [0.25, 0.3) is 0 Å². The zero-order chi connectivity index (χ0) is 14.7. The Hall–Kier alpha value is -1.67. The van der Waals surface area contributed by atoms with Gasteiger partial charge >= 0.3 is 6.03 Å². The minimum atomic E-state index is -0.535. The number of amides is 4. The molecule has 0 unspecified atom stereocenters. The van der Waals surface area contributed by atoms with E-state index in [1.165, 1.54) is 11.3 Å². The number of halogens is 1. The summed E-state index contributed by atoms with van der Waals surface area (Å²) in [6.45, 7) is 1.88. The molecule has 0 radical (unpaired) electrons. The van der Waals surface area contributed by atoms with Gasteiger partial charge in [-0.25, -0.2) is 9.78 Å². The molecule has 2 heterocycles. The molecule has 0 bridgehead atoms. The first-order valence-electron chi connectivity index (χ1n) is 5.94. The van der Waals surface area contributed by atoms with Crippen LogP contribution >= 0.6 is 22.9 Å². The van der Waals surface area contributed by atoms with Gasteiger partial charge in [0.15, 0.2) is 0 Å². The van der Waals surface area contributed by atoms with Gasteiger partial charge in [-0.15, -0.1) is 11.3 Å². The van der Waals surface area contributed by atoms with Crippen molar-refractivity contribution in [2.24, 2.45) is 0 Å². The van der Waals surface area contributed by atoms with Crippen LogP contribution in [0, 0.1) is 6.92 Å². The molecule has 1 fully saturated rings. The third kappa shape index (κ3) is 3.45. The normalized spacial score (nSPS) is 14.6. The van der Waals surface area contributed by atoms with Gasteiger partial charge in [0.05, 0.1) is 17.2 Å². The van der Waals surface area contributed by atoms with Crippen molar-refractivity contribution in [2.45, 2.75) is 13.3 Å². The minimum absolute atomic E-state index is 0.0526. The lowest BCUT2D eigenvalue weighted by molar-refractivity contribution is -0.130. The number of aryl methyl sites for hydroxylation is 1. The highest BCUT2D eigenvalue weighted by Crippen LogP contribution is 2.23. The Morgan fingerprint density at radius 1 is 1.55 bits per heavy atom. The number of carbonyl (C=O) groups excluding carboxylic acids is 3. The number of nitrogens with one attached hydrogen (secondary N) is 2. The topological polar surface area (TPSA) is 91.4 Å². The third-order valence-corrected chi connectivity index (χ3v) is 4.19. The predicted molar refractivity (Wildman–Crippen MR) is 73.7 cm³/mol. The van der Waals surface area contributed by atoms with E-state index in [0.717, 1.165) is 15.6 Å². The molecule has 2 rings (SSSR count). The van der Waals surface area contributed by atoms with E-state index in [0.29, 0.717) is 17.3 Å². The monoisotopic (exact) mass is 316 g/mol. The first-order valence-corrected chi connectivity index (χ1v) is 7.13. The van der Waals surface area contributed by atoms with Crippen molar-refractivity contribution in [3.8, 4) is 0 Å². The molecule has 1 aliphatic rings. The smallest absolute Gasteiger partial charge is 0.325 e. The maximum atomic E-state index is 11.6. The Bertz CT molecular complexity index is 524. The fraction of sp³-hybridized carbons (Fsp3) is 0.455. The zero-order valence-corrected chi connectivity index (χ0v) is 12.3. The molecular weight excluding hydrogens is 304 g/mol. The van der Waals surface area contributed by atoms with Crippen LogP contribution in [-0.2, 0) is 16.0 Å². The number of thiazole rings is 1. The van der Waals surface area contributed by atoms with Gasteiger partial charge in [-0.3, -0.25) is 14.5 Å². The highest BCUT2D eigenvalue weighted by molar-refractivity contribution is 7.16. The summed E-state index contributed by atoms with van der Waals surface area (Å²) in [4.78, 5) is 39.3. The number of hydrogen-bond acceptors (Lipinski definition) is 5. The third-order valence-electron chi connectivity index (χ3n) is 2.68. The molecule has 108 valence electrons. The van der Waals surface area contributed by atoms with Crippen LogP contribution in [0.4, 0.5) is 4.79 Å². The molecule has 1 aromatic rings. The molecular formula is C11H13ClN4O3S. The molecule has 2 N–H and O–H groups in total. The fourth-order valence-electron chi connectivity index (χ4n) is 1.66. The maximum absolute atomic E-state index is 11.6. The summed E-state index contributed by atoms with van der Waals surface area (Å²) in [5.74, 6) is -0.776. The van der Waals surface area contributed by atoms with Crippen molar-refractivity contribution in [1.82, 2.24) is 20.5 Å². The summed E-state index contributed by atoms with van der Waals surface area (Å²) >= 11 is 7.27. The van der Waals surface area contributed by atoms with E-state index in [1.54, 1.807) is 0 Å². The van der Waals surface area contributed by atoms with Gasteiger partial charge in [-0.2, -0.15) is 0 Å². The van der Waals surface area contributed by atoms with Gasteiger partial charge in [-0.05, 0) is 6.92 Å². The molecule has 7 nitrogen and oxygen atoms in total. The summed E-state index contributed by atoms with van der Waals surface area (Å²) in [5.41, 5.74) is 0.775. The van der Waals surface area contributed by atoms with Crippen LogP contribution in [0.1, 0.15) is 10.7 Å². The maximum Gasteiger partial charge on any atom is 0.325 e. The van der Waals surface area contributed by atoms with Crippen molar-refractivity contribution in [2.75, 3.05) is 19.6 Å². The SMILES string of the molecule is Cc1nc(CCNC(=O)CN2C(=O)CNC2=O)sc1Cl. The number of hydrogen-bond donors (Lipinski definition) is 2. The second-order valence-electron chi connectivity index (χ2n) is 4.21. The van der Waals surface area contributed by atoms with Gasteiger partial charge in [-0.1, -0.05) is 11.6 Å². The van der Waals surface area contributed by atoms with Crippen molar-refractivity contribution >= 4 is 40.8 Å². The molecule has 9 heteroatoms. The summed E-state index contributed by atoms with van der Waals surface area (Å²) in [5, 5.41) is 5.82. The molecule has 0 spiro atoms. The average Bonchev–Trinajstić information content (AvgIpc) is 2.86. The van der Waals surface area contributed by atoms with Crippen molar-refractivity contribution < 1.29 is 14.4 Å². The van der Waals surface area contributed by atoms with E-state index in [9.17, 15) is 14.4 Å². The summed E-state index contributed by atoms with van der Waals surface area (Å²) in [7, 11) is 0. The van der Waals surface area contributed by atoms with E-state index < -0.39 is 11.9 Å². The Morgan fingerprint density at radius 2 is 2.30 bits per heavy atom. The summed E-state index contributed by atoms with van der Waals surface area (Å²) < 4.78 is 0.644. The van der Waals surface area contributed by atoms with E-state index in [2.05, 4.69) is 15.6 Å². The molecule has 1 saturated heterocycles. The van der Waals surface area contributed by atoms with Crippen molar-refractivity contribution in [1.29, 1.82) is 0 Å². The van der Waals surface area contributed by atoms with Crippen LogP contribution < -0.4 is 10.6 Å². The van der Waals surface area contributed by atoms with Crippen LogP contribution in [-0.4, -0.2) is 47.4 Å².